The van der Waals surface area contributed by atoms with Gasteiger partial charge in [-0.05, 0) is 48.5 Å². The summed E-state index contributed by atoms with van der Waals surface area (Å²) in [7, 11) is 1.57. The van der Waals surface area contributed by atoms with Crippen LogP contribution in [-0.4, -0.2) is 44.4 Å². The molecule has 2 aromatic carbocycles. The molecule has 0 saturated carbocycles. The maximum absolute atomic E-state index is 13.2. The fourth-order valence-electron chi connectivity index (χ4n) is 3.94. The number of ether oxygens (including phenoxy) is 1. The number of carbonyl (C=O) groups is 2. The Kier molecular flexibility index (Phi) is 6.21. The molecule has 1 fully saturated rings. The van der Waals surface area contributed by atoms with Gasteiger partial charge in [-0.2, -0.15) is 5.10 Å². The summed E-state index contributed by atoms with van der Waals surface area (Å²) < 4.78 is 6.47. The minimum Gasteiger partial charge on any atom is -0.497 e. The number of methoxy groups -OCH3 is 1. The number of anilines is 1. The van der Waals surface area contributed by atoms with E-state index in [1.165, 1.54) is 41.0 Å². The van der Waals surface area contributed by atoms with Crippen molar-refractivity contribution in [3.8, 4) is 17.0 Å². The molecule has 0 spiro atoms. The van der Waals surface area contributed by atoms with Gasteiger partial charge in [-0.3, -0.25) is 29.6 Å². The Morgan fingerprint density at radius 1 is 1.08 bits per heavy atom. The van der Waals surface area contributed by atoms with Crippen LogP contribution in [0.5, 0.6) is 5.75 Å². The van der Waals surface area contributed by atoms with Gasteiger partial charge < -0.3 is 4.74 Å². The fourth-order valence-corrected chi connectivity index (χ4v) is 5.12. The number of benzene rings is 2. The molecule has 1 atom stereocenters. The Balaban J connectivity index is 1.61. The summed E-state index contributed by atoms with van der Waals surface area (Å²) in [6.45, 7) is 0. The van der Waals surface area contributed by atoms with Crippen LogP contribution in [0.3, 0.4) is 0 Å². The number of nitro benzene ring substituents is 1. The lowest BCUT2D eigenvalue weighted by atomic mass is 10.1. The van der Waals surface area contributed by atoms with Gasteiger partial charge in [0, 0.05) is 53.1 Å². The second kappa shape index (κ2) is 9.62. The van der Waals surface area contributed by atoms with E-state index in [2.05, 4.69) is 10.1 Å². The molecule has 5 rings (SSSR count). The molecule has 1 unspecified atom stereocenters. The van der Waals surface area contributed by atoms with Crippen LogP contribution in [-0.2, 0) is 4.79 Å². The Bertz CT molecular complexity index is 1440. The van der Waals surface area contributed by atoms with E-state index in [-0.39, 0.29) is 23.3 Å². The Morgan fingerprint density at radius 2 is 1.78 bits per heavy atom. The van der Waals surface area contributed by atoms with Gasteiger partial charge in [0.2, 0.25) is 5.91 Å². The van der Waals surface area contributed by atoms with Gasteiger partial charge in [-0.15, -0.1) is 11.8 Å². The predicted molar refractivity (Wildman–Crippen MR) is 134 cm³/mol. The van der Waals surface area contributed by atoms with E-state index < -0.39 is 10.3 Å². The first kappa shape index (κ1) is 23.2. The van der Waals surface area contributed by atoms with Crippen molar-refractivity contribution < 1.29 is 19.2 Å². The van der Waals surface area contributed by atoms with Crippen molar-refractivity contribution in [3.05, 3.63) is 100 Å². The van der Waals surface area contributed by atoms with E-state index in [0.29, 0.717) is 33.8 Å². The van der Waals surface area contributed by atoms with Crippen molar-refractivity contribution in [2.24, 2.45) is 0 Å². The highest BCUT2D eigenvalue weighted by atomic mass is 32.2. The minimum absolute atomic E-state index is 0.0575. The molecule has 2 aromatic heterocycles. The predicted octanol–water partition coefficient (Wildman–Crippen LogP) is 4.33. The van der Waals surface area contributed by atoms with Gasteiger partial charge in [0.15, 0.2) is 0 Å². The molecule has 3 heterocycles. The van der Waals surface area contributed by atoms with Crippen molar-refractivity contribution in [3.63, 3.8) is 0 Å². The zero-order valence-corrected chi connectivity index (χ0v) is 19.8. The molecule has 0 radical (unpaired) electrons. The Hall–Kier alpha value is -4.51. The third kappa shape index (κ3) is 4.31. The number of non-ortho nitro benzene ring substituents is 1. The largest absolute Gasteiger partial charge is 0.497 e. The Morgan fingerprint density at radius 3 is 2.42 bits per heavy atom. The van der Waals surface area contributed by atoms with E-state index in [0.717, 1.165) is 0 Å². The van der Waals surface area contributed by atoms with Gasteiger partial charge in [-0.1, -0.05) is 0 Å². The van der Waals surface area contributed by atoms with Crippen LogP contribution in [0.1, 0.15) is 21.3 Å². The number of hydrogen-bond acceptors (Lipinski definition) is 8. The summed E-state index contributed by atoms with van der Waals surface area (Å²) >= 11 is 1.42. The van der Waals surface area contributed by atoms with Crippen LogP contribution in [0, 0.1) is 10.1 Å². The van der Waals surface area contributed by atoms with Crippen LogP contribution < -0.4 is 9.64 Å². The lowest BCUT2D eigenvalue weighted by Gasteiger charge is -2.24. The number of carbonyl (C=O) groups excluding carboxylic acids is 2. The number of nitro groups is 1. The number of pyridine rings is 1. The van der Waals surface area contributed by atoms with Crippen LogP contribution in [0.2, 0.25) is 0 Å². The second-order valence-corrected chi connectivity index (χ2v) is 8.92. The SMILES string of the molecule is COc1ccc(N2C(=O)CSC2c2cn(C(=O)c3ccncc3)nc2-c2ccc([N+](=O)[O-])cc2)cc1. The number of rotatable bonds is 6. The normalized spacial score (nSPS) is 15.2. The molecule has 0 N–H and O–H groups in total. The molecule has 36 heavy (non-hydrogen) atoms. The molecule has 11 heteroatoms. The summed E-state index contributed by atoms with van der Waals surface area (Å²) in [5, 5.41) is 15.2. The maximum atomic E-state index is 13.2. The van der Waals surface area contributed by atoms with E-state index in [1.807, 2.05) is 0 Å². The van der Waals surface area contributed by atoms with Crippen molar-refractivity contribution in [1.82, 2.24) is 14.8 Å². The summed E-state index contributed by atoms with van der Waals surface area (Å²) in [5.41, 5.74) is 2.70. The van der Waals surface area contributed by atoms with Crippen molar-refractivity contribution in [2.75, 3.05) is 17.8 Å². The molecule has 10 nitrogen and oxygen atoms in total. The zero-order chi connectivity index (χ0) is 25.2. The van der Waals surface area contributed by atoms with Crippen molar-refractivity contribution in [2.45, 2.75) is 5.37 Å². The summed E-state index contributed by atoms with van der Waals surface area (Å²) in [4.78, 5) is 42.4. The summed E-state index contributed by atoms with van der Waals surface area (Å²) in [5.74, 6) is 0.465. The van der Waals surface area contributed by atoms with Crippen LogP contribution in [0.15, 0.2) is 79.3 Å². The van der Waals surface area contributed by atoms with Crippen molar-refractivity contribution >= 4 is 35.0 Å². The standard InChI is InChI=1S/C25H19N5O5S/c1-35-20-8-6-18(7-9-20)29-22(31)15-36-25(29)21-14-28(24(32)17-10-12-26-13-11-17)27-23(21)16-2-4-19(5-3-16)30(33)34/h2-14,25H,15H2,1H3. The van der Waals surface area contributed by atoms with Crippen LogP contribution >= 0.6 is 11.8 Å². The smallest absolute Gasteiger partial charge is 0.278 e. The first-order valence-corrected chi connectivity index (χ1v) is 11.9. The highest BCUT2D eigenvalue weighted by Gasteiger charge is 2.37. The highest BCUT2D eigenvalue weighted by Crippen LogP contribution is 2.45. The molecule has 1 aliphatic rings. The van der Waals surface area contributed by atoms with E-state index >= 15 is 0 Å². The van der Waals surface area contributed by atoms with Gasteiger partial charge in [0.05, 0.1) is 23.5 Å². The molecular weight excluding hydrogens is 482 g/mol. The van der Waals surface area contributed by atoms with Gasteiger partial charge in [-0.25, -0.2) is 4.68 Å². The molecule has 180 valence electrons. The summed E-state index contributed by atoms with van der Waals surface area (Å²) in [6, 6.07) is 16.3. The molecular formula is C25H19N5O5S. The van der Waals surface area contributed by atoms with E-state index in [4.69, 9.17) is 4.74 Å². The lowest BCUT2D eigenvalue weighted by Crippen LogP contribution is -2.27. The number of thioether (sulfide) groups is 1. The number of nitrogens with zero attached hydrogens (tertiary/aromatic N) is 5. The van der Waals surface area contributed by atoms with Crippen molar-refractivity contribution in [1.29, 1.82) is 0 Å². The molecule has 1 amide bonds. The van der Waals surface area contributed by atoms with Gasteiger partial charge in [0.1, 0.15) is 11.1 Å². The number of hydrogen-bond donors (Lipinski definition) is 0. The molecule has 0 bridgehead atoms. The average molecular weight is 502 g/mol. The molecule has 4 aromatic rings. The van der Waals surface area contributed by atoms with E-state index in [9.17, 15) is 19.7 Å². The molecule has 1 aliphatic heterocycles. The third-order valence-electron chi connectivity index (χ3n) is 5.71. The third-order valence-corrected chi connectivity index (χ3v) is 6.91. The van der Waals surface area contributed by atoms with Gasteiger partial charge >= 0.3 is 0 Å². The first-order valence-electron chi connectivity index (χ1n) is 10.8. The Labute approximate surface area is 209 Å². The average Bonchev–Trinajstić information content (AvgIpc) is 3.52. The number of amides is 1. The summed E-state index contributed by atoms with van der Waals surface area (Å²) in [6.07, 6.45) is 4.66. The molecule has 1 saturated heterocycles. The maximum Gasteiger partial charge on any atom is 0.278 e. The quantitative estimate of drug-likeness (QED) is 0.283. The topological polar surface area (TPSA) is 120 Å². The molecule has 0 aliphatic carbocycles. The zero-order valence-electron chi connectivity index (χ0n) is 19.0. The van der Waals surface area contributed by atoms with Gasteiger partial charge in [0.25, 0.3) is 11.6 Å². The number of aromatic nitrogens is 3. The minimum atomic E-state index is -0.479. The van der Waals surface area contributed by atoms with Crippen LogP contribution in [0.25, 0.3) is 11.3 Å². The second-order valence-electron chi connectivity index (χ2n) is 7.85. The van der Waals surface area contributed by atoms with E-state index in [1.54, 1.807) is 66.7 Å². The highest BCUT2D eigenvalue weighted by molar-refractivity contribution is 8.00. The first-order chi connectivity index (χ1) is 17.5. The lowest BCUT2D eigenvalue weighted by molar-refractivity contribution is -0.384. The van der Waals surface area contributed by atoms with Crippen LogP contribution in [0.4, 0.5) is 11.4 Å². The monoisotopic (exact) mass is 501 g/mol. The fraction of sp³-hybridized carbons (Fsp3) is 0.120.